The Morgan fingerprint density at radius 2 is 1.84 bits per heavy atom. The highest BCUT2D eigenvalue weighted by Crippen LogP contribution is 2.31. The van der Waals surface area contributed by atoms with E-state index >= 15 is 0 Å². The lowest BCUT2D eigenvalue weighted by Crippen LogP contribution is -2.52. The maximum Gasteiger partial charge on any atom is 0.247 e. The van der Waals surface area contributed by atoms with Crippen molar-refractivity contribution in [3.05, 3.63) is 77.1 Å². The molecule has 7 heteroatoms. The van der Waals surface area contributed by atoms with Crippen LogP contribution in [0.2, 0.25) is 0 Å². The number of methoxy groups -OCH3 is 1. The van der Waals surface area contributed by atoms with Crippen LogP contribution in [0.15, 0.2) is 54.6 Å². The summed E-state index contributed by atoms with van der Waals surface area (Å²) in [6.45, 7) is 4.77. The van der Waals surface area contributed by atoms with E-state index in [-0.39, 0.29) is 11.8 Å². The Balaban J connectivity index is 1.58. The van der Waals surface area contributed by atoms with Gasteiger partial charge in [0.15, 0.2) is 0 Å². The van der Waals surface area contributed by atoms with Gasteiger partial charge >= 0.3 is 0 Å². The van der Waals surface area contributed by atoms with Crippen LogP contribution in [0.1, 0.15) is 35.0 Å². The SMILES string of the molecule is COc1ccc(CCC(=O)N2CCNC(=O)C2c2c(C)nn(-c3ccccc3)c2C)cc1. The standard InChI is InChI=1S/C25H28N4O3/c1-17-23(18(2)29(27-17)20-7-5-4-6-8-20)24-25(31)26-15-16-28(24)22(30)14-11-19-9-12-21(32-3)13-10-19/h4-10,12-13,24H,11,14-16H2,1-3H3,(H,26,31). The summed E-state index contributed by atoms with van der Waals surface area (Å²) >= 11 is 0. The third-order valence-electron chi connectivity index (χ3n) is 5.94. The highest BCUT2D eigenvalue weighted by Gasteiger charge is 2.37. The molecule has 0 aliphatic carbocycles. The van der Waals surface area contributed by atoms with Crippen LogP contribution in [0, 0.1) is 13.8 Å². The van der Waals surface area contributed by atoms with Gasteiger partial charge in [0.1, 0.15) is 11.8 Å². The van der Waals surface area contributed by atoms with Gasteiger partial charge in [-0.05, 0) is 50.1 Å². The Labute approximate surface area is 188 Å². The predicted molar refractivity (Wildman–Crippen MR) is 122 cm³/mol. The van der Waals surface area contributed by atoms with Gasteiger partial charge in [0.25, 0.3) is 0 Å². The van der Waals surface area contributed by atoms with E-state index in [1.54, 1.807) is 12.0 Å². The minimum atomic E-state index is -0.676. The monoisotopic (exact) mass is 432 g/mol. The molecule has 1 unspecified atom stereocenters. The molecule has 0 saturated carbocycles. The van der Waals surface area contributed by atoms with Crippen LogP contribution in [0.25, 0.3) is 5.69 Å². The van der Waals surface area contributed by atoms with Crippen molar-refractivity contribution in [2.45, 2.75) is 32.7 Å². The fraction of sp³-hybridized carbons (Fsp3) is 0.320. The van der Waals surface area contributed by atoms with Gasteiger partial charge in [0, 0.05) is 30.8 Å². The van der Waals surface area contributed by atoms with Gasteiger partial charge < -0.3 is 15.0 Å². The van der Waals surface area contributed by atoms with Crippen LogP contribution in [-0.4, -0.2) is 46.7 Å². The van der Waals surface area contributed by atoms with Gasteiger partial charge in [-0.15, -0.1) is 0 Å². The topological polar surface area (TPSA) is 76.5 Å². The first-order valence-corrected chi connectivity index (χ1v) is 10.8. The molecule has 2 aromatic carbocycles. The molecule has 1 aliphatic heterocycles. The lowest BCUT2D eigenvalue weighted by molar-refractivity contribution is -0.143. The summed E-state index contributed by atoms with van der Waals surface area (Å²) in [5, 5.41) is 7.60. The van der Waals surface area contributed by atoms with E-state index in [4.69, 9.17) is 4.74 Å². The molecule has 1 fully saturated rings. The molecular formula is C25H28N4O3. The lowest BCUT2D eigenvalue weighted by Gasteiger charge is -2.35. The van der Waals surface area contributed by atoms with E-state index in [0.29, 0.717) is 25.9 Å². The Bertz CT molecular complexity index is 1110. The van der Waals surface area contributed by atoms with Gasteiger partial charge in [0.2, 0.25) is 11.8 Å². The highest BCUT2D eigenvalue weighted by atomic mass is 16.5. The Hall–Kier alpha value is -3.61. The van der Waals surface area contributed by atoms with Crippen molar-refractivity contribution in [2.75, 3.05) is 20.2 Å². The fourth-order valence-electron chi connectivity index (χ4n) is 4.28. The molecule has 1 saturated heterocycles. The van der Waals surface area contributed by atoms with E-state index in [0.717, 1.165) is 34.0 Å². The van der Waals surface area contributed by atoms with Crippen LogP contribution in [0.3, 0.4) is 0 Å². The van der Waals surface area contributed by atoms with Crippen LogP contribution < -0.4 is 10.1 Å². The van der Waals surface area contributed by atoms with Crippen molar-refractivity contribution in [3.8, 4) is 11.4 Å². The number of ether oxygens (including phenoxy) is 1. The number of hydrogen-bond acceptors (Lipinski definition) is 4. The van der Waals surface area contributed by atoms with Crippen molar-refractivity contribution < 1.29 is 14.3 Å². The normalized spacial score (nSPS) is 16.0. The zero-order valence-corrected chi connectivity index (χ0v) is 18.7. The van der Waals surface area contributed by atoms with Crippen molar-refractivity contribution in [1.29, 1.82) is 0 Å². The van der Waals surface area contributed by atoms with Crippen LogP contribution in [0.5, 0.6) is 5.75 Å². The second-order valence-electron chi connectivity index (χ2n) is 7.96. The minimum absolute atomic E-state index is 0.0353. The lowest BCUT2D eigenvalue weighted by atomic mass is 9.99. The fourth-order valence-corrected chi connectivity index (χ4v) is 4.28. The third kappa shape index (κ3) is 4.23. The Morgan fingerprint density at radius 1 is 1.12 bits per heavy atom. The summed E-state index contributed by atoms with van der Waals surface area (Å²) in [7, 11) is 1.63. The van der Waals surface area contributed by atoms with Gasteiger partial charge in [0.05, 0.1) is 18.5 Å². The van der Waals surface area contributed by atoms with Crippen molar-refractivity contribution in [2.24, 2.45) is 0 Å². The van der Waals surface area contributed by atoms with Crippen molar-refractivity contribution in [3.63, 3.8) is 0 Å². The number of benzene rings is 2. The zero-order valence-electron chi connectivity index (χ0n) is 18.7. The number of nitrogens with one attached hydrogen (secondary N) is 1. The summed E-state index contributed by atoms with van der Waals surface area (Å²) in [5.41, 5.74) is 4.39. The maximum absolute atomic E-state index is 13.2. The quantitative estimate of drug-likeness (QED) is 0.649. The second-order valence-corrected chi connectivity index (χ2v) is 7.96. The van der Waals surface area contributed by atoms with E-state index in [2.05, 4.69) is 10.4 Å². The van der Waals surface area contributed by atoms with Gasteiger partial charge in [-0.1, -0.05) is 30.3 Å². The minimum Gasteiger partial charge on any atom is -0.497 e. The number of hydrogen-bond donors (Lipinski definition) is 1. The molecule has 32 heavy (non-hydrogen) atoms. The first-order chi connectivity index (χ1) is 15.5. The molecule has 166 valence electrons. The number of aryl methyl sites for hydroxylation is 2. The highest BCUT2D eigenvalue weighted by molar-refractivity contribution is 5.90. The average molecular weight is 433 g/mol. The van der Waals surface area contributed by atoms with Gasteiger partial charge in [-0.2, -0.15) is 5.10 Å². The number of para-hydroxylation sites is 1. The summed E-state index contributed by atoms with van der Waals surface area (Å²) in [6.07, 6.45) is 0.940. The van der Waals surface area contributed by atoms with Crippen molar-refractivity contribution >= 4 is 11.8 Å². The van der Waals surface area contributed by atoms with Crippen LogP contribution in [0.4, 0.5) is 0 Å². The molecule has 2 amide bonds. The summed E-state index contributed by atoms with van der Waals surface area (Å²) < 4.78 is 7.03. The summed E-state index contributed by atoms with van der Waals surface area (Å²) in [6, 6.07) is 16.8. The molecule has 1 atom stereocenters. The molecule has 0 bridgehead atoms. The second kappa shape index (κ2) is 9.26. The molecule has 3 aromatic rings. The number of carbonyl (C=O) groups is 2. The van der Waals surface area contributed by atoms with Crippen molar-refractivity contribution in [1.82, 2.24) is 20.0 Å². The third-order valence-corrected chi connectivity index (χ3v) is 5.94. The largest absolute Gasteiger partial charge is 0.497 e. The summed E-state index contributed by atoms with van der Waals surface area (Å²) in [5.74, 6) is 0.592. The van der Waals surface area contributed by atoms with Gasteiger partial charge in [-0.25, -0.2) is 4.68 Å². The Morgan fingerprint density at radius 3 is 2.53 bits per heavy atom. The molecule has 1 aliphatic rings. The predicted octanol–water partition coefficient (Wildman–Crippen LogP) is 3.13. The molecule has 4 rings (SSSR count). The molecular weight excluding hydrogens is 404 g/mol. The number of carbonyl (C=O) groups excluding carboxylic acids is 2. The first kappa shape index (κ1) is 21.6. The van der Waals surface area contributed by atoms with E-state index in [1.807, 2.05) is 73.1 Å². The molecule has 0 radical (unpaired) electrons. The van der Waals surface area contributed by atoms with E-state index in [1.165, 1.54) is 0 Å². The Kier molecular flexibility index (Phi) is 6.25. The molecule has 1 aromatic heterocycles. The van der Waals surface area contributed by atoms with Crippen LogP contribution >= 0.6 is 0 Å². The molecule has 7 nitrogen and oxygen atoms in total. The number of piperazine rings is 1. The first-order valence-electron chi connectivity index (χ1n) is 10.8. The molecule has 2 heterocycles. The molecule has 0 spiro atoms. The maximum atomic E-state index is 13.2. The number of rotatable bonds is 6. The average Bonchev–Trinajstić information content (AvgIpc) is 3.12. The smallest absolute Gasteiger partial charge is 0.247 e. The van der Waals surface area contributed by atoms with E-state index < -0.39 is 6.04 Å². The molecule has 1 N–H and O–H groups in total. The zero-order chi connectivity index (χ0) is 22.7. The van der Waals surface area contributed by atoms with Crippen LogP contribution in [-0.2, 0) is 16.0 Å². The number of amides is 2. The van der Waals surface area contributed by atoms with Gasteiger partial charge in [-0.3, -0.25) is 9.59 Å². The van der Waals surface area contributed by atoms with E-state index in [9.17, 15) is 9.59 Å². The summed E-state index contributed by atoms with van der Waals surface area (Å²) in [4.78, 5) is 27.9. The number of aromatic nitrogens is 2. The number of nitrogens with zero attached hydrogens (tertiary/aromatic N) is 3.